The number of benzene rings is 2. The Labute approximate surface area is 213 Å². The summed E-state index contributed by atoms with van der Waals surface area (Å²) in [6.07, 6.45) is 6.65. The molecule has 0 radical (unpaired) electrons. The summed E-state index contributed by atoms with van der Waals surface area (Å²) in [5.41, 5.74) is 6.80. The number of carbonyl (C=O) groups is 1. The van der Waals surface area contributed by atoms with E-state index >= 15 is 0 Å². The van der Waals surface area contributed by atoms with E-state index in [9.17, 15) is 13.2 Å². The summed E-state index contributed by atoms with van der Waals surface area (Å²) in [7, 11) is -3.48. The Kier molecular flexibility index (Phi) is 9.04. The molecule has 0 bridgehead atoms. The van der Waals surface area contributed by atoms with Crippen molar-refractivity contribution in [1.29, 1.82) is 0 Å². The second kappa shape index (κ2) is 11.4. The van der Waals surface area contributed by atoms with Gasteiger partial charge >= 0.3 is 0 Å². The molecule has 9 heteroatoms. The molecule has 34 heavy (non-hydrogen) atoms. The number of nitrogen functional groups attached to an aromatic ring is 1. The maximum absolute atomic E-state index is 13.0. The van der Waals surface area contributed by atoms with E-state index in [1.54, 1.807) is 46.8 Å². The minimum absolute atomic E-state index is 0. The van der Waals surface area contributed by atoms with Gasteiger partial charge in [-0.15, -0.1) is 12.4 Å². The largest absolute Gasteiger partial charge is 0.398 e. The minimum Gasteiger partial charge on any atom is -0.398 e. The van der Waals surface area contributed by atoms with Crippen molar-refractivity contribution < 1.29 is 13.2 Å². The van der Waals surface area contributed by atoms with Gasteiger partial charge in [-0.3, -0.25) is 9.69 Å². The first kappa shape index (κ1) is 27.0. The van der Waals surface area contributed by atoms with Crippen molar-refractivity contribution >= 4 is 45.5 Å². The molecule has 2 aromatic rings. The lowest BCUT2D eigenvalue weighted by Crippen LogP contribution is -2.58. The van der Waals surface area contributed by atoms with Crippen LogP contribution in [0.2, 0.25) is 5.02 Å². The number of hydrogen-bond donors (Lipinski definition) is 1. The van der Waals surface area contributed by atoms with Gasteiger partial charge in [-0.2, -0.15) is 4.31 Å². The van der Waals surface area contributed by atoms with Crippen molar-refractivity contribution in [2.75, 3.05) is 31.9 Å². The molecule has 1 aliphatic carbocycles. The number of nitrogens with zero attached hydrogens (tertiary/aromatic N) is 2. The number of Topliss-reactive ketones (excluding diaryl/α,β-unsaturated/α-hetero) is 1. The van der Waals surface area contributed by atoms with Crippen LogP contribution in [-0.2, 0) is 10.0 Å². The maximum Gasteiger partial charge on any atom is 0.243 e. The number of piperazine rings is 1. The van der Waals surface area contributed by atoms with Gasteiger partial charge in [-0.1, -0.05) is 55.1 Å². The quantitative estimate of drug-likeness (QED) is 0.405. The number of carbonyl (C=O) groups excluding carboxylic acids is 1. The van der Waals surface area contributed by atoms with Crippen molar-refractivity contribution in [2.45, 2.75) is 55.4 Å². The zero-order chi connectivity index (χ0) is 23.5. The number of rotatable bonds is 7. The van der Waals surface area contributed by atoms with Gasteiger partial charge in [0.1, 0.15) is 0 Å². The van der Waals surface area contributed by atoms with E-state index in [-0.39, 0.29) is 23.7 Å². The lowest BCUT2D eigenvalue weighted by molar-refractivity contribution is 0.0165. The highest BCUT2D eigenvalue weighted by Crippen LogP contribution is 2.39. The second-order valence-electron chi connectivity index (χ2n) is 9.12. The third kappa shape index (κ3) is 5.60. The summed E-state index contributed by atoms with van der Waals surface area (Å²) >= 11 is 6.26. The highest BCUT2D eigenvalue weighted by Gasteiger charge is 2.41. The van der Waals surface area contributed by atoms with Crippen molar-refractivity contribution in [3.63, 3.8) is 0 Å². The zero-order valence-electron chi connectivity index (χ0n) is 19.3. The average Bonchev–Trinajstić information content (AvgIpc) is 2.84. The van der Waals surface area contributed by atoms with E-state index in [1.165, 1.54) is 6.42 Å². The van der Waals surface area contributed by atoms with Gasteiger partial charge in [0.25, 0.3) is 0 Å². The van der Waals surface area contributed by atoms with Crippen LogP contribution in [0.15, 0.2) is 53.4 Å². The van der Waals surface area contributed by atoms with Gasteiger partial charge in [0.05, 0.1) is 15.5 Å². The van der Waals surface area contributed by atoms with Crippen molar-refractivity contribution in [3.05, 3.63) is 59.1 Å². The highest BCUT2D eigenvalue weighted by molar-refractivity contribution is 7.89. The molecule has 2 aliphatic rings. The summed E-state index contributed by atoms with van der Waals surface area (Å²) in [6.45, 7) is 2.28. The number of nitrogens with two attached hydrogens (primary N) is 1. The normalized spacial score (nSPS) is 19.3. The van der Waals surface area contributed by atoms with E-state index in [1.807, 2.05) is 6.07 Å². The summed E-state index contributed by atoms with van der Waals surface area (Å²) in [5.74, 6) is -0.0201. The summed E-state index contributed by atoms with van der Waals surface area (Å²) in [4.78, 5) is 15.8. The fourth-order valence-corrected chi connectivity index (χ4v) is 7.12. The SMILES string of the molecule is Cl.Nc1cccc(Cl)c1C(=O)CCC1(N2CCN(S(=O)(=O)c3ccccc3)CC2)CCCCC1. The molecule has 0 unspecified atom stereocenters. The first-order valence-electron chi connectivity index (χ1n) is 11.7. The van der Waals surface area contributed by atoms with Crippen LogP contribution < -0.4 is 5.73 Å². The van der Waals surface area contributed by atoms with Gasteiger partial charge in [0.15, 0.2) is 5.78 Å². The van der Waals surface area contributed by atoms with Crippen molar-refractivity contribution in [2.24, 2.45) is 0 Å². The van der Waals surface area contributed by atoms with Gasteiger partial charge in [-0.25, -0.2) is 8.42 Å². The van der Waals surface area contributed by atoms with Gasteiger partial charge in [0.2, 0.25) is 10.0 Å². The number of anilines is 1. The molecule has 0 amide bonds. The first-order chi connectivity index (χ1) is 15.8. The molecule has 6 nitrogen and oxygen atoms in total. The van der Waals surface area contributed by atoms with Gasteiger partial charge in [-0.05, 0) is 43.5 Å². The van der Waals surface area contributed by atoms with E-state index in [0.717, 1.165) is 32.1 Å². The third-order valence-corrected chi connectivity index (χ3v) is 9.44. The average molecular weight is 527 g/mol. The molecule has 2 fully saturated rings. The Bertz CT molecular complexity index is 1060. The lowest BCUT2D eigenvalue weighted by Gasteiger charge is -2.50. The first-order valence-corrected chi connectivity index (χ1v) is 13.5. The minimum atomic E-state index is -3.48. The second-order valence-corrected chi connectivity index (χ2v) is 11.5. The molecular weight excluding hydrogens is 493 g/mol. The molecule has 0 atom stereocenters. The van der Waals surface area contributed by atoms with Crippen LogP contribution in [0, 0.1) is 0 Å². The highest BCUT2D eigenvalue weighted by atomic mass is 35.5. The molecule has 1 saturated carbocycles. The lowest BCUT2D eigenvalue weighted by atomic mass is 9.76. The van der Waals surface area contributed by atoms with E-state index in [4.69, 9.17) is 17.3 Å². The van der Waals surface area contributed by atoms with Crippen LogP contribution in [0.1, 0.15) is 55.3 Å². The van der Waals surface area contributed by atoms with Crippen LogP contribution in [-0.4, -0.2) is 55.1 Å². The van der Waals surface area contributed by atoms with Crippen LogP contribution >= 0.6 is 24.0 Å². The molecule has 4 rings (SSSR count). The molecule has 0 spiro atoms. The smallest absolute Gasteiger partial charge is 0.243 e. The fraction of sp³-hybridized carbons (Fsp3) is 0.480. The zero-order valence-corrected chi connectivity index (χ0v) is 21.7. The van der Waals surface area contributed by atoms with E-state index in [0.29, 0.717) is 53.8 Å². The number of sulfonamides is 1. The molecular formula is C25H33Cl2N3O3S. The number of halogens is 2. The molecule has 2 aromatic carbocycles. The van der Waals surface area contributed by atoms with Gasteiger partial charge < -0.3 is 5.73 Å². The predicted molar refractivity (Wildman–Crippen MR) is 139 cm³/mol. The molecule has 1 saturated heterocycles. The Morgan fingerprint density at radius 2 is 1.59 bits per heavy atom. The molecule has 0 aromatic heterocycles. The monoisotopic (exact) mass is 525 g/mol. The Morgan fingerprint density at radius 1 is 0.941 bits per heavy atom. The van der Waals surface area contributed by atoms with Crippen LogP contribution in [0.5, 0.6) is 0 Å². The van der Waals surface area contributed by atoms with Crippen LogP contribution in [0.25, 0.3) is 0 Å². The predicted octanol–water partition coefficient (Wildman–Crippen LogP) is 5.02. The van der Waals surface area contributed by atoms with Crippen LogP contribution in [0.4, 0.5) is 5.69 Å². The summed E-state index contributed by atoms with van der Waals surface area (Å²) < 4.78 is 27.6. The summed E-state index contributed by atoms with van der Waals surface area (Å²) in [5, 5.41) is 0.400. The Balaban J connectivity index is 0.00000324. The molecule has 2 N–H and O–H groups in total. The van der Waals surface area contributed by atoms with E-state index < -0.39 is 10.0 Å². The fourth-order valence-electron chi connectivity index (χ4n) is 5.38. The summed E-state index contributed by atoms with van der Waals surface area (Å²) in [6, 6.07) is 13.8. The number of hydrogen-bond acceptors (Lipinski definition) is 5. The van der Waals surface area contributed by atoms with Crippen molar-refractivity contribution in [3.8, 4) is 0 Å². The van der Waals surface area contributed by atoms with Crippen LogP contribution in [0.3, 0.4) is 0 Å². The molecule has 186 valence electrons. The molecule has 1 aliphatic heterocycles. The van der Waals surface area contributed by atoms with Crippen molar-refractivity contribution in [1.82, 2.24) is 9.21 Å². The topological polar surface area (TPSA) is 83.7 Å². The van der Waals surface area contributed by atoms with Gasteiger partial charge in [0, 0.05) is 43.8 Å². The third-order valence-electron chi connectivity index (χ3n) is 7.22. The maximum atomic E-state index is 13.0. The standard InChI is InChI=1S/C25H32ClN3O3S.ClH/c26-21-10-7-11-22(27)24(21)23(30)12-15-25(13-5-2-6-14-25)28-16-18-29(19-17-28)33(31,32)20-8-3-1-4-9-20;/h1,3-4,7-11H,2,5-6,12-19,27H2;1H. The van der Waals surface area contributed by atoms with E-state index in [2.05, 4.69) is 4.90 Å². The molecule has 1 heterocycles. The number of ketones is 1. The Morgan fingerprint density at radius 3 is 2.21 bits per heavy atom. The Hall–Kier alpha value is -1.64.